The topological polar surface area (TPSA) is 34.0 Å². The Kier molecular flexibility index (Phi) is 3.84. The van der Waals surface area contributed by atoms with Gasteiger partial charge in [0, 0.05) is 31.2 Å². The lowest BCUT2D eigenvalue weighted by molar-refractivity contribution is 0.167. The van der Waals surface area contributed by atoms with Gasteiger partial charge in [-0.1, -0.05) is 36.4 Å². The van der Waals surface area contributed by atoms with Gasteiger partial charge in [-0.05, 0) is 24.6 Å². The third-order valence-electron chi connectivity index (χ3n) is 5.33. The van der Waals surface area contributed by atoms with Crippen LogP contribution in [0.25, 0.3) is 21.6 Å². The van der Waals surface area contributed by atoms with E-state index in [-0.39, 0.29) is 0 Å². The van der Waals surface area contributed by atoms with Gasteiger partial charge in [0.1, 0.15) is 5.82 Å². The zero-order valence-corrected chi connectivity index (χ0v) is 15.5. The van der Waals surface area contributed by atoms with E-state index in [9.17, 15) is 0 Å². The summed E-state index contributed by atoms with van der Waals surface area (Å²) in [6.45, 7) is 5.22. The molecule has 0 bridgehead atoms. The molecule has 1 aliphatic rings. The van der Waals surface area contributed by atoms with Gasteiger partial charge in [-0.2, -0.15) is 0 Å². The Bertz CT molecular complexity index is 1050. The minimum absolute atomic E-state index is 0.366. The van der Waals surface area contributed by atoms with Crippen molar-refractivity contribution in [2.75, 3.05) is 6.54 Å². The van der Waals surface area contributed by atoms with Gasteiger partial charge in [0.15, 0.2) is 0 Å². The fourth-order valence-electron chi connectivity index (χ4n) is 3.80. The van der Waals surface area contributed by atoms with E-state index in [4.69, 9.17) is 4.98 Å². The van der Waals surface area contributed by atoms with E-state index >= 15 is 0 Å². The number of nitrogens with zero attached hydrogens (tertiary/aromatic N) is 4. The second kappa shape index (κ2) is 6.34. The minimum atomic E-state index is 0.366. The Hall–Kier alpha value is -2.50. The van der Waals surface area contributed by atoms with Crippen LogP contribution >= 0.6 is 11.3 Å². The lowest BCUT2D eigenvalue weighted by Gasteiger charge is -2.34. The summed E-state index contributed by atoms with van der Waals surface area (Å²) in [4.78, 5) is 11.7. The smallest absolute Gasteiger partial charge is 0.140 e. The first-order chi connectivity index (χ1) is 12.8. The quantitative estimate of drug-likeness (QED) is 0.529. The first-order valence-electron chi connectivity index (χ1n) is 8.96. The highest BCUT2D eigenvalue weighted by Crippen LogP contribution is 2.30. The van der Waals surface area contributed by atoms with Crippen molar-refractivity contribution in [2.45, 2.75) is 26.1 Å². The van der Waals surface area contributed by atoms with Crippen molar-refractivity contribution in [3.63, 3.8) is 0 Å². The lowest BCUT2D eigenvalue weighted by Crippen LogP contribution is -2.35. The molecule has 0 saturated carbocycles. The SMILES string of the molecule is CC(c1ccc2scnc2c1)N1CCn2c(cnc2-c2ccccc2)C1. The van der Waals surface area contributed by atoms with E-state index in [0.717, 1.165) is 31.0 Å². The second-order valence-corrected chi connectivity index (χ2v) is 7.70. The molecule has 0 N–H and O–H groups in total. The summed E-state index contributed by atoms with van der Waals surface area (Å²) in [5.74, 6) is 1.08. The van der Waals surface area contributed by atoms with Crippen LogP contribution in [0.1, 0.15) is 24.2 Å². The number of aromatic nitrogens is 3. The van der Waals surface area contributed by atoms with Gasteiger partial charge in [-0.25, -0.2) is 9.97 Å². The summed E-state index contributed by atoms with van der Waals surface area (Å²) in [7, 11) is 0. The van der Waals surface area contributed by atoms with Gasteiger partial charge in [-0.3, -0.25) is 4.90 Å². The molecule has 26 heavy (non-hydrogen) atoms. The van der Waals surface area contributed by atoms with E-state index in [1.165, 1.54) is 21.5 Å². The Morgan fingerprint density at radius 3 is 2.81 bits per heavy atom. The molecular weight excluding hydrogens is 340 g/mol. The molecule has 5 rings (SSSR count). The average Bonchev–Trinajstić information content (AvgIpc) is 3.33. The highest BCUT2D eigenvalue weighted by Gasteiger charge is 2.24. The Balaban J connectivity index is 1.41. The van der Waals surface area contributed by atoms with Crippen molar-refractivity contribution in [1.82, 2.24) is 19.4 Å². The molecule has 3 heterocycles. The van der Waals surface area contributed by atoms with E-state index in [1.807, 2.05) is 17.8 Å². The van der Waals surface area contributed by atoms with Crippen LogP contribution in [0.15, 0.2) is 60.2 Å². The number of thiazole rings is 1. The number of imidazole rings is 1. The molecule has 5 heteroatoms. The van der Waals surface area contributed by atoms with Crippen molar-refractivity contribution >= 4 is 21.6 Å². The maximum absolute atomic E-state index is 4.70. The van der Waals surface area contributed by atoms with Crippen molar-refractivity contribution < 1.29 is 0 Å². The number of hydrogen-bond donors (Lipinski definition) is 0. The van der Waals surface area contributed by atoms with Gasteiger partial charge in [0.05, 0.1) is 27.6 Å². The molecule has 0 saturated heterocycles. The zero-order valence-electron chi connectivity index (χ0n) is 14.7. The molecule has 0 fully saturated rings. The number of benzene rings is 2. The molecule has 1 atom stereocenters. The standard InChI is InChI=1S/C21H20N4S/c1-15(17-7-8-20-19(11-17)23-14-26-20)24-9-10-25-18(13-24)12-22-21(25)16-5-3-2-4-6-16/h2-8,11-12,14-15H,9-10,13H2,1H3. The van der Waals surface area contributed by atoms with Crippen molar-refractivity contribution in [2.24, 2.45) is 0 Å². The molecule has 4 nitrogen and oxygen atoms in total. The number of hydrogen-bond acceptors (Lipinski definition) is 4. The van der Waals surface area contributed by atoms with Gasteiger partial charge < -0.3 is 4.57 Å². The molecule has 2 aromatic carbocycles. The van der Waals surface area contributed by atoms with E-state index < -0.39 is 0 Å². The molecule has 2 aromatic heterocycles. The fourth-order valence-corrected chi connectivity index (χ4v) is 4.45. The van der Waals surface area contributed by atoms with Crippen LogP contribution in [0.4, 0.5) is 0 Å². The highest BCUT2D eigenvalue weighted by atomic mass is 32.1. The van der Waals surface area contributed by atoms with Crippen molar-refractivity contribution in [1.29, 1.82) is 0 Å². The molecule has 130 valence electrons. The predicted molar refractivity (Wildman–Crippen MR) is 106 cm³/mol. The molecule has 0 spiro atoms. The maximum atomic E-state index is 4.70. The van der Waals surface area contributed by atoms with Crippen LogP contribution in [0.5, 0.6) is 0 Å². The van der Waals surface area contributed by atoms with E-state index in [2.05, 4.69) is 63.8 Å². The number of rotatable bonds is 3. The Morgan fingerprint density at radius 1 is 1.04 bits per heavy atom. The molecule has 0 radical (unpaired) electrons. The average molecular weight is 360 g/mol. The zero-order chi connectivity index (χ0) is 17.5. The first kappa shape index (κ1) is 15.7. The van der Waals surface area contributed by atoms with Crippen molar-refractivity contribution in [3.05, 3.63) is 71.5 Å². The summed E-state index contributed by atoms with van der Waals surface area (Å²) >= 11 is 1.70. The predicted octanol–water partition coefficient (Wildman–Crippen LogP) is 4.74. The summed E-state index contributed by atoms with van der Waals surface area (Å²) in [5.41, 5.74) is 6.84. The molecule has 1 unspecified atom stereocenters. The van der Waals surface area contributed by atoms with Crippen molar-refractivity contribution in [3.8, 4) is 11.4 Å². The summed E-state index contributed by atoms with van der Waals surface area (Å²) < 4.78 is 3.62. The molecule has 0 amide bonds. The highest BCUT2D eigenvalue weighted by molar-refractivity contribution is 7.16. The summed E-state index contributed by atoms with van der Waals surface area (Å²) in [6, 6.07) is 17.5. The maximum Gasteiger partial charge on any atom is 0.140 e. The van der Waals surface area contributed by atoms with Crippen LogP contribution in [0.2, 0.25) is 0 Å². The summed E-state index contributed by atoms with van der Waals surface area (Å²) in [6.07, 6.45) is 2.03. The van der Waals surface area contributed by atoms with Gasteiger partial charge >= 0.3 is 0 Å². The molecule has 0 aliphatic carbocycles. The van der Waals surface area contributed by atoms with Gasteiger partial charge in [0.2, 0.25) is 0 Å². The minimum Gasteiger partial charge on any atom is -0.326 e. The molecular formula is C21H20N4S. The monoisotopic (exact) mass is 360 g/mol. The normalized spacial score (nSPS) is 15.9. The van der Waals surface area contributed by atoms with Gasteiger partial charge in [0.25, 0.3) is 0 Å². The lowest BCUT2D eigenvalue weighted by atomic mass is 10.1. The van der Waals surface area contributed by atoms with Crippen LogP contribution in [0.3, 0.4) is 0 Å². The third-order valence-corrected chi connectivity index (χ3v) is 6.14. The Morgan fingerprint density at radius 2 is 1.92 bits per heavy atom. The van der Waals surface area contributed by atoms with Crippen LogP contribution < -0.4 is 0 Å². The van der Waals surface area contributed by atoms with Crippen LogP contribution in [-0.2, 0) is 13.1 Å². The molecule has 1 aliphatic heterocycles. The van der Waals surface area contributed by atoms with Gasteiger partial charge in [-0.15, -0.1) is 11.3 Å². The van der Waals surface area contributed by atoms with Crippen LogP contribution in [0, 0.1) is 0 Å². The third kappa shape index (κ3) is 2.64. The number of fused-ring (bicyclic) bond motifs is 2. The largest absolute Gasteiger partial charge is 0.326 e. The first-order valence-corrected chi connectivity index (χ1v) is 9.84. The Labute approximate surface area is 156 Å². The molecule has 4 aromatic rings. The van der Waals surface area contributed by atoms with E-state index in [0.29, 0.717) is 6.04 Å². The van der Waals surface area contributed by atoms with Crippen LogP contribution in [-0.4, -0.2) is 26.0 Å². The summed E-state index contributed by atoms with van der Waals surface area (Å²) in [5, 5.41) is 0. The fraction of sp³-hybridized carbons (Fsp3) is 0.238. The second-order valence-electron chi connectivity index (χ2n) is 6.82. The van der Waals surface area contributed by atoms with E-state index in [1.54, 1.807) is 11.3 Å².